The lowest BCUT2D eigenvalue weighted by atomic mass is 10.3. The molecule has 2 heterocycles. The molecule has 5 nitrogen and oxygen atoms in total. The van der Waals surface area contributed by atoms with E-state index >= 15 is 0 Å². The Morgan fingerprint density at radius 1 is 1.33 bits per heavy atom. The molecule has 0 fully saturated rings. The number of hydrogen-bond donors (Lipinski definition) is 1. The van der Waals surface area contributed by atoms with Crippen molar-refractivity contribution in [3.8, 4) is 5.75 Å². The second-order valence-corrected chi connectivity index (χ2v) is 3.95. The summed E-state index contributed by atoms with van der Waals surface area (Å²) in [7, 11) is 1.58. The Morgan fingerprint density at radius 3 is 2.94 bits per heavy atom. The molecule has 3 aromatic rings. The van der Waals surface area contributed by atoms with Gasteiger partial charge < -0.3 is 14.1 Å². The van der Waals surface area contributed by atoms with Gasteiger partial charge in [0.05, 0.1) is 25.4 Å². The van der Waals surface area contributed by atoms with E-state index in [0.29, 0.717) is 17.8 Å². The average Bonchev–Trinajstić information content (AvgIpc) is 2.99. The fourth-order valence-corrected chi connectivity index (χ4v) is 2.04. The molecule has 0 unspecified atom stereocenters. The van der Waals surface area contributed by atoms with Gasteiger partial charge in [-0.05, 0) is 24.3 Å². The SMILES string of the molecule is COc1cccc2c1[nH]c(=O)n2Cc1ccco1. The van der Waals surface area contributed by atoms with Crippen LogP contribution in [-0.4, -0.2) is 16.7 Å². The summed E-state index contributed by atoms with van der Waals surface area (Å²) in [6.45, 7) is 0.402. The van der Waals surface area contributed by atoms with Gasteiger partial charge in [0, 0.05) is 0 Å². The van der Waals surface area contributed by atoms with E-state index in [4.69, 9.17) is 9.15 Å². The van der Waals surface area contributed by atoms with E-state index in [2.05, 4.69) is 4.98 Å². The molecule has 0 atom stereocenters. The van der Waals surface area contributed by atoms with Crippen molar-refractivity contribution >= 4 is 11.0 Å². The van der Waals surface area contributed by atoms with E-state index in [-0.39, 0.29) is 5.69 Å². The smallest absolute Gasteiger partial charge is 0.326 e. The molecular weight excluding hydrogens is 232 g/mol. The molecule has 2 aromatic heterocycles. The molecule has 0 spiro atoms. The van der Waals surface area contributed by atoms with Crippen molar-refractivity contribution in [2.45, 2.75) is 6.54 Å². The van der Waals surface area contributed by atoms with Crippen molar-refractivity contribution in [2.24, 2.45) is 0 Å². The Hall–Kier alpha value is -2.43. The topological polar surface area (TPSA) is 60.2 Å². The predicted molar refractivity (Wildman–Crippen MR) is 66.9 cm³/mol. The van der Waals surface area contributed by atoms with E-state index in [9.17, 15) is 4.79 Å². The molecule has 0 bridgehead atoms. The third kappa shape index (κ3) is 1.60. The molecule has 18 heavy (non-hydrogen) atoms. The minimum Gasteiger partial charge on any atom is -0.494 e. The van der Waals surface area contributed by atoms with Gasteiger partial charge in [-0.25, -0.2) is 4.79 Å². The molecule has 0 aliphatic carbocycles. The maximum Gasteiger partial charge on any atom is 0.326 e. The highest BCUT2D eigenvalue weighted by Crippen LogP contribution is 2.22. The maximum atomic E-state index is 11.9. The predicted octanol–water partition coefficient (Wildman–Crippen LogP) is 1.98. The molecular formula is C13H12N2O3. The van der Waals surface area contributed by atoms with Gasteiger partial charge in [-0.1, -0.05) is 6.07 Å². The van der Waals surface area contributed by atoms with Crippen LogP contribution in [0.2, 0.25) is 0 Å². The Morgan fingerprint density at radius 2 is 2.22 bits per heavy atom. The Bertz CT molecular complexity index is 722. The van der Waals surface area contributed by atoms with E-state index < -0.39 is 0 Å². The van der Waals surface area contributed by atoms with Gasteiger partial charge in [0.1, 0.15) is 17.0 Å². The molecule has 0 amide bonds. The fraction of sp³-hybridized carbons (Fsp3) is 0.154. The highest BCUT2D eigenvalue weighted by Gasteiger charge is 2.11. The maximum absolute atomic E-state index is 11.9. The molecule has 92 valence electrons. The summed E-state index contributed by atoms with van der Waals surface area (Å²) in [5, 5.41) is 0. The van der Waals surface area contributed by atoms with Crippen molar-refractivity contribution < 1.29 is 9.15 Å². The van der Waals surface area contributed by atoms with Crippen molar-refractivity contribution in [1.29, 1.82) is 0 Å². The van der Waals surface area contributed by atoms with Gasteiger partial charge >= 0.3 is 5.69 Å². The summed E-state index contributed by atoms with van der Waals surface area (Å²) in [5.41, 5.74) is 1.33. The molecule has 0 aliphatic rings. The van der Waals surface area contributed by atoms with Gasteiger partial charge in [0.15, 0.2) is 0 Å². The number of furan rings is 1. The molecule has 1 aromatic carbocycles. The lowest BCUT2D eigenvalue weighted by molar-refractivity contribution is 0.419. The van der Waals surface area contributed by atoms with Gasteiger partial charge in [-0.3, -0.25) is 4.57 Å². The number of nitrogens with one attached hydrogen (secondary N) is 1. The summed E-state index contributed by atoms with van der Waals surface area (Å²) in [6.07, 6.45) is 1.59. The summed E-state index contributed by atoms with van der Waals surface area (Å²) in [5.74, 6) is 1.39. The quantitative estimate of drug-likeness (QED) is 0.766. The number of nitrogens with zero attached hydrogens (tertiary/aromatic N) is 1. The minimum absolute atomic E-state index is 0.175. The number of ether oxygens (including phenoxy) is 1. The summed E-state index contributed by atoms with van der Waals surface area (Å²) >= 11 is 0. The van der Waals surface area contributed by atoms with E-state index in [0.717, 1.165) is 11.3 Å². The number of aromatic nitrogens is 2. The van der Waals surface area contributed by atoms with Crippen LogP contribution in [0.5, 0.6) is 5.75 Å². The van der Waals surface area contributed by atoms with Crippen LogP contribution in [-0.2, 0) is 6.54 Å². The largest absolute Gasteiger partial charge is 0.494 e. The molecule has 0 saturated carbocycles. The minimum atomic E-state index is -0.175. The monoisotopic (exact) mass is 244 g/mol. The van der Waals surface area contributed by atoms with Crippen LogP contribution in [0.25, 0.3) is 11.0 Å². The van der Waals surface area contributed by atoms with Crippen LogP contribution < -0.4 is 10.4 Å². The Balaban J connectivity index is 2.17. The van der Waals surface area contributed by atoms with Crippen molar-refractivity contribution in [3.05, 3.63) is 52.8 Å². The number of imidazole rings is 1. The van der Waals surface area contributed by atoms with Crippen LogP contribution >= 0.6 is 0 Å². The first-order valence-electron chi connectivity index (χ1n) is 5.57. The van der Waals surface area contributed by atoms with Crippen LogP contribution in [0, 0.1) is 0 Å². The first-order valence-corrected chi connectivity index (χ1v) is 5.57. The third-order valence-corrected chi connectivity index (χ3v) is 2.89. The number of H-pyrrole nitrogens is 1. The van der Waals surface area contributed by atoms with Gasteiger partial charge in [0.2, 0.25) is 0 Å². The van der Waals surface area contributed by atoms with Crippen molar-refractivity contribution in [3.63, 3.8) is 0 Å². The van der Waals surface area contributed by atoms with E-state index in [1.807, 2.05) is 24.3 Å². The van der Waals surface area contributed by atoms with Gasteiger partial charge in [0.25, 0.3) is 0 Å². The molecule has 3 rings (SSSR count). The van der Waals surface area contributed by atoms with Gasteiger partial charge in [-0.15, -0.1) is 0 Å². The molecule has 0 radical (unpaired) electrons. The summed E-state index contributed by atoms with van der Waals surface area (Å²) < 4.78 is 12.1. The van der Waals surface area contributed by atoms with E-state index in [1.165, 1.54) is 0 Å². The number of fused-ring (bicyclic) bond motifs is 1. The van der Waals surface area contributed by atoms with Crippen molar-refractivity contribution in [2.75, 3.05) is 7.11 Å². The van der Waals surface area contributed by atoms with Crippen LogP contribution in [0.4, 0.5) is 0 Å². The molecule has 0 saturated heterocycles. The second kappa shape index (κ2) is 4.10. The first-order chi connectivity index (χ1) is 8.79. The number of benzene rings is 1. The Kier molecular flexibility index (Phi) is 2.44. The number of methoxy groups -OCH3 is 1. The zero-order chi connectivity index (χ0) is 12.5. The summed E-state index contributed by atoms with van der Waals surface area (Å²) in [6, 6.07) is 9.18. The normalized spacial score (nSPS) is 10.9. The zero-order valence-electron chi connectivity index (χ0n) is 9.84. The summed E-state index contributed by atoms with van der Waals surface area (Å²) in [4.78, 5) is 14.7. The molecule has 0 aliphatic heterocycles. The highest BCUT2D eigenvalue weighted by molar-refractivity contribution is 5.81. The average molecular weight is 244 g/mol. The molecule has 5 heteroatoms. The highest BCUT2D eigenvalue weighted by atomic mass is 16.5. The second-order valence-electron chi connectivity index (χ2n) is 3.95. The van der Waals surface area contributed by atoms with Crippen molar-refractivity contribution in [1.82, 2.24) is 9.55 Å². The third-order valence-electron chi connectivity index (χ3n) is 2.89. The fourth-order valence-electron chi connectivity index (χ4n) is 2.04. The lowest BCUT2D eigenvalue weighted by Crippen LogP contribution is -2.16. The van der Waals surface area contributed by atoms with Crippen LogP contribution in [0.1, 0.15) is 5.76 Å². The number of para-hydroxylation sites is 1. The Labute approximate surface area is 103 Å². The van der Waals surface area contributed by atoms with Crippen LogP contribution in [0.3, 0.4) is 0 Å². The number of hydrogen-bond acceptors (Lipinski definition) is 3. The van der Waals surface area contributed by atoms with E-state index in [1.54, 1.807) is 24.0 Å². The number of rotatable bonds is 3. The van der Waals surface area contributed by atoms with Gasteiger partial charge in [-0.2, -0.15) is 0 Å². The first kappa shape index (κ1) is 10.7. The number of aromatic amines is 1. The lowest BCUT2D eigenvalue weighted by Gasteiger charge is -2.02. The zero-order valence-corrected chi connectivity index (χ0v) is 9.84. The standard InChI is InChI=1S/C13H12N2O3/c1-17-11-6-2-5-10-12(11)14-13(16)15(10)8-9-4-3-7-18-9/h2-7H,8H2,1H3,(H,14,16). The van der Waals surface area contributed by atoms with Crippen LogP contribution in [0.15, 0.2) is 45.8 Å². The molecule has 1 N–H and O–H groups in total.